The highest BCUT2D eigenvalue weighted by Gasteiger charge is 2.05. The van der Waals surface area contributed by atoms with E-state index in [1.807, 2.05) is 24.1 Å². The van der Waals surface area contributed by atoms with E-state index in [1.165, 1.54) is 0 Å². The van der Waals surface area contributed by atoms with Gasteiger partial charge in [0.1, 0.15) is 5.82 Å². The van der Waals surface area contributed by atoms with E-state index in [1.54, 1.807) is 6.20 Å². The van der Waals surface area contributed by atoms with Crippen LogP contribution in [0.4, 0.5) is 5.82 Å². The summed E-state index contributed by atoms with van der Waals surface area (Å²) in [6.07, 6.45) is 5.51. The van der Waals surface area contributed by atoms with Crippen molar-refractivity contribution in [3.05, 3.63) is 35.5 Å². The first-order valence-electron chi connectivity index (χ1n) is 5.26. The fraction of sp³-hybridized carbons (Fsp3) is 0.417. The lowest BCUT2D eigenvalue weighted by Crippen LogP contribution is -2.19. The first-order valence-corrected chi connectivity index (χ1v) is 5.64. The second kappa shape index (κ2) is 6.51. The summed E-state index contributed by atoms with van der Waals surface area (Å²) in [4.78, 5) is 6.26. The molecular formula is C12H17ClN2O. The molecule has 0 spiro atoms. The Morgan fingerprint density at radius 3 is 3.00 bits per heavy atom. The number of unbranched alkanes of at least 4 members (excludes halogenated alkanes) is 1. The highest BCUT2D eigenvalue weighted by atomic mass is 35.5. The average molecular weight is 241 g/mol. The molecule has 0 aliphatic rings. The Kier molecular flexibility index (Phi) is 5.29. The highest BCUT2D eigenvalue weighted by Crippen LogP contribution is 2.19. The summed E-state index contributed by atoms with van der Waals surface area (Å²) in [6.45, 7) is 4.53. The lowest BCUT2D eigenvalue weighted by molar-refractivity contribution is 0.282. The second-order valence-corrected chi connectivity index (χ2v) is 4.05. The summed E-state index contributed by atoms with van der Waals surface area (Å²) in [5.41, 5.74) is 0.710. The van der Waals surface area contributed by atoms with Gasteiger partial charge in [0.05, 0.1) is 11.6 Å². The molecule has 0 saturated heterocycles. The first kappa shape index (κ1) is 13.0. The molecule has 88 valence electrons. The van der Waals surface area contributed by atoms with Crippen molar-refractivity contribution >= 4 is 17.4 Å². The molecular weight excluding hydrogens is 224 g/mol. The second-order valence-electron chi connectivity index (χ2n) is 3.64. The molecule has 3 nitrogen and oxygen atoms in total. The minimum Gasteiger partial charge on any atom is -0.392 e. The number of rotatable bonds is 6. The number of hydrogen-bond donors (Lipinski definition) is 1. The minimum absolute atomic E-state index is 0.0607. The van der Waals surface area contributed by atoms with Crippen LogP contribution in [-0.2, 0) is 6.61 Å². The number of hydrogen-bond acceptors (Lipinski definition) is 3. The molecule has 0 unspecified atom stereocenters. The molecule has 1 heterocycles. The van der Waals surface area contributed by atoms with Crippen LogP contribution in [0.25, 0.3) is 0 Å². The van der Waals surface area contributed by atoms with Crippen molar-refractivity contribution in [3.8, 4) is 0 Å². The zero-order valence-electron chi connectivity index (χ0n) is 9.49. The number of aliphatic hydroxyl groups excluding tert-OH is 1. The molecule has 1 aromatic heterocycles. The number of allylic oxidation sites excluding steroid dienone is 1. The van der Waals surface area contributed by atoms with Crippen LogP contribution in [0, 0.1) is 0 Å². The van der Waals surface area contributed by atoms with E-state index in [0.29, 0.717) is 10.6 Å². The predicted octanol–water partition coefficient (Wildman–Crippen LogP) is 2.63. The molecule has 0 amide bonds. The molecule has 0 atom stereocenters. The normalized spacial score (nSPS) is 10.2. The van der Waals surface area contributed by atoms with E-state index in [0.717, 1.165) is 25.2 Å². The van der Waals surface area contributed by atoms with E-state index in [4.69, 9.17) is 16.7 Å². The maximum absolute atomic E-state index is 9.09. The zero-order valence-corrected chi connectivity index (χ0v) is 10.2. The Labute approximate surface area is 101 Å². The maximum atomic E-state index is 9.09. The van der Waals surface area contributed by atoms with Crippen LogP contribution in [0.5, 0.6) is 0 Å². The molecule has 1 N–H and O–H groups in total. The first-order chi connectivity index (χ1) is 7.69. The predicted molar refractivity (Wildman–Crippen MR) is 67.9 cm³/mol. The number of nitrogens with zero attached hydrogens (tertiary/aromatic N) is 2. The van der Waals surface area contributed by atoms with Gasteiger partial charge in [0.25, 0.3) is 0 Å². The molecule has 1 rings (SSSR count). The quantitative estimate of drug-likeness (QED) is 0.614. The molecule has 0 saturated carbocycles. The zero-order chi connectivity index (χ0) is 12.0. The molecule has 0 aliphatic heterocycles. The van der Waals surface area contributed by atoms with Crippen molar-refractivity contribution in [2.45, 2.75) is 19.4 Å². The van der Waals surface area contributed by atoms with Gasteiger partial charge in [0.2, 0.25) is 0 Å². The summed E-state index contributed by atoms with van der Waals surface area (Å²) in [5.74, 6) is 0.831. The molecule has 0 bridgehead atoms. The minimum atomic E-state index is -0.0607. The van der Waals surface area contributed by atoms with Gasteiger partial charge in [-0.15, -0.1) is 6.58 Å². The van der Waals surface area contributed by atoms with Crippen LogP contribution in [0.15, 0.2) is 24.9 Å². The fourth-order valence-corrected chi connectivity index (χ4v) is 1.55. The van der Waals surface area contributed by atoms with E-state index in [2.05, 4.69) is 11.6 Å². The van der Waals surface area contributed by atoms with Gasteiger partial charge in [-0.2, -0.15) is 0 Å². The average Bonchev–Trinajstić information content (AvgIpc) is 2.30. The number of anilines is 1. The standard InChI is InChI=1S/C12H17ClN2O/c1-3-4-5-6-15(2)12-7-10(9-16)11(13)8-14-12/h3,7-8,16H,1,4-6,9H2,2H3. The van der Waals surface area contributed by atoms with Crippen molar-refractivity contribution in [3.63, 3.8) is 0 Å². The molecule has 0 aliphatic carbocycles. The van der Waals surface area contributed by atoms with Crippen molar-refractivity contribution < 1.29 is 5.11 Å². The van der Waals surface area contributed by atoms with E-state index in [9.17, 15) is 0 Å². The summed E-state index contributed by atoms with van der Waals surface area (Å²) < 4.78 is 0. The van der Waals surface area contributed by atoms with Crippen molar-refractivity contribution in [2.75, 3.05) is 18.5 Å². The van der Waals surface area contributed by atoms with Gasteiger partial charge in [-0.3, -0.25) is 0 Å². The molecule has 0 aromatic carbocycles. The Morgan fingerprint density at radius 1 is 1.62 bits per heavy atom. The van der Waals surface area contributed by atoms with Crippen LogP contribution in [0.3, 0.4) is 0 Å². The number of pyridine rings is 1. The Bertz CT molecular complexity index is 355. The van der Waals surface area contributed by atoms with Gasteiger partial charge in [-0.1, -0.05) is 17.7 Å². The smallest absolute Gasteiger partial charge is 0.128 e. The third kappa shape index (κ3) is 3.51. The van der Waals surface area contributed by atoms with Crippen LogP contribution < -0.4 is 4.90 Å². The topological polar surface area (TPSA) is 36.4 Å². The summed E-state index contributed by atoms with van der Waals surface area (Å²) in [7, 11) is 1.97. The van der Waals surface area contributed by atoms with E-state index >= 15 is 0 Å². The summed E-state index contributed by atoms with van der Waals surface area (Å²) in [6, 6.07) is 1.82. The Hall–Kier alpha value is -1.06. The van der Waals surface area contributed by atoms with Gasteiger partial charge in [-0.05, 0) is 18.9 Å². The van der Waals surface area contributed by atoms with Crippen molar-refractivity contribution in [2.24, 2.45) is 0 Å². The molecule has 16 heavy (non-hydrogen) atoms. The lowest BCUT2D eigenvalue weighted by Gasteiger charge is -2.18. The highest BCUT2D eigenvalue weighted by molar-refractivity contribution is 6.31. The summed E-state index contributed by atoms with van der Waals surface area (Å²) in [5, 5.41) is 9.60. The van der Waals surface area contributed by atoms with Crippen molar-refractivity contribution in [1.82, 2.24) is 4.98 Å². The largest absolute Gasteiger partial charge is 0.392 e. The van der Waals surface area contributed by atoms with Crippen molar-refractivity contribution in [1.29, 1.82) is 0 Å². The number of halogens is 1. The SMILES string of the molecule is C=CCCCN(C)c1cc(CO)c(Cl)cn1. The van der Waals surface area contributed by atoms with E-state index < -0.39 is 0 Å². The Morgan fingerprint density at radius 2 is 2.38 bits per heavy atom. The molecule has 0 radical (unpaired) electrons. The van der Waals surface area contributed by atoms with Gasteiger partial charge in [-0.25, -0.2) is 4.98 Å². The van der Waals surface area contributed by atoms with E-state index in [-0.39, 0.29) is 6.61 Å². The summed E-state index contributed by atoms with van der Waals surface area (Å²) >= 11 is 5.87. The molecule has 4 heteroatoms. The van der Waals surface area contributed by atoms with Crippen LogP contribution in [0.2, 0.25) is 5.02 Å². The maximum Gasteiger partial charge on any atom is 0.128 e. The third-order valence-electron chi connectivity index (χ3n) is 2.38. The fourth-order valence-electron chi connectivity index (χ4n) is 1.39. The monoisotopic (exact) mass is 240 g/mol. The van der Waals surface area contributed by atoms with Crippen LogP contribution in [-0.4, -0.2) is 23.7 Å². The Balaban J connectivity index is 2.67. The molecule has 0 fully saturated rings. The lowest BCUT2D eigenvalue weighted by atomic mass is 10.2. The van der Waals surface area contributed by atoms with Gasteiger partial charge < -0.3 is 10.0 Å². The van der Waals surface area contributed by atoms with Crippen LogP contribution in [0.1, 0.15) is 18.4 Å². The number of aliphatic hydroxyl groups is 1. The van der Waals surface area contributed by atoms with Gasteiger partial charge >= 0.3 is 0 Å². The van der Waals surface area contributed by atoms with Gasteiger partial charge in [0.15, 0.2) is 0 Å². The third-order valence-corrected chi connectivity index (χ3v) is 2.72. The van der Waals surface area contributed by atoms with Gasteiger partial charge in [0, 0.05) is 25.4 Å². The molecule has 1 aromatic rings. The van der Waals surface area contributed by atoms with Crippen LogP contribution >= 0.6 is 11.6 Å². The number of aromatic nitrogens is 1.